The summed E-state index contributed by atoms with van der Waals surface area (Å²) in [5.41, 5.74) is 3.30. The predicted octanol–water partition coefficient (Wildman–Crippen LogP) is 3.17. The van der Waals surface area contributed by atoms with Crippen molar-refractivity contribution in [2.75, 3.05) is 0 Å². The largest absolute Gasteiger partial charge is 0.241 e. The first-order valence-corrected chi connectivity index (χ1v) is 4.48. The molecule has 0 N–H and O–H groups in total. The van der Waals surface area contributed by atoms with Gasteiger partial charge < -0.3 is 0 Å². The first-order valence-electron chi connectivity index (χ1n) is 4.48. The molecular weight excluding hydrogens is 172 g/mol. The molecule has 0 aliphatic heterocycles. The number of allylic oxidation sites excluding steroid dienone is 1. The Kier molecular flexibility index (Phi) is 1.97. The molecule has 0 saturated carbocycles. The number of aromatic nitrogens is 2. The van der Waals surface area contributed by atoms with E-state index in [1.807, 2.05) is 25.3 Å². The minimum absolute atomic E-state index is 1.07. The average Bonchev–Trinajstić information content (AvgIpc) is 2.59. The smallest absolute Gasteiger partial charge is 0.0734 e. The van der Waals surface area contributed by atoms with Crippen LogP contribution in [0.1, 0.15) is 12.5 Å². The highest BCUT2D eigenvalue weighted by Crippen LogP contribution is 2.19. The maximum atomic E-state index is 4.18. The second kappa shape index (κ2) is 3.14. The van der Waals surface area contributed by atoms with Gasteiger partial charge in [-0.1, -0.05) is 24.8 Å². The predicted molar refractivity (Wildman–Crippen MR) is 60.8 cm³/mol. The normalized spacial score (nSPS) is 10.4. The van der Waals surface area contributed by atoms with Crippen LogP contribution in [0.2, 0.25) is 0 Å². The SMILES string of the molecule is C=Cn1ncc2cc(C(=C)C)ccc21. The second-order valence-electron chi connectivity index (χ2n) is 3.33. The fraction of sp³-hybridized carbons (Fsp3) is 0.0833. The van der Waals surface area contributed by atoms with Crippen molar-refractivity contribution >= 4 is 22.7 Å². The van der Waals surface area contributed by atoms with Crippen LogP contribution in [0.15, 0.2) is 37.6 Å². The lowest BCUT2D eigenvalue weighted by Crippen LogP contribution is -1.86. The highest BCUT2D eigenvalue weighted by molar-refractivity contribution is 5.84. The van der Waals surface area contributed by atoms with E-state index < -0.39 is 0 Å². The molecular formula is C12H12N2. The lowest BCUT2D eigenvalue weighted by molar-refractivity contribution is 0.968. The molecule has 2 aromatic rings. The number of nitrogens with zero attached hydrogens (tertiary/aromatic N) is 2. The number of hydrogen-bond donors (Lipinski definition) is 0. The molecule has 0 amide bonds. The zero-order valence-electron chi connectivity index (χ0n) is 8.20. The van der Waals surface area contributed by atoms with E-state index in [1.54, 1.807) is 10.9 Å². The van der Waals surface area contributed by atoms with E-state index in [2.05, 4.69) is 24.3 Å². The molecule has 0 saturated heterocycles. The van der Waals surface area contributed by atoms with Crippen molar-refractivity contribution in [3.63, 3.8) is 0 Å². The van der Waals surface area contributed by atoms with Gasteiger partial charge in [0.05, 0.1) is 11.7 Å². The standard InChI is InChI=1S/C12H12N2/c1-4-14-12-6-5-10(9(2)3)7-11(12)8-13-14/h4-8H,1-2H2,3H3. The minimum atomic E-state index is 1.07. The van der Waals surface area contributed by atoms with Crippen LogP contribution in [-0.4, -0.2) is 9.78 Å². The second-order valence-corrected chi connectivity index (χ2v) is 3.33. The van der Waals surface area contributed by atoms with Crippen LogP contribution in [0.4, 0.5) is 0 Å². The molecule has 2 rings (SSSR count). The van der Waals surface area contributed by atoms with Crippen LogP contribution in [0.25, 0.3) is 22.7 Å². The summed E-state index contributed by atoms with van der Waals surface area (Å²) in [4.78, 5) is 0. The summed E-state index contributed by atoms with van der Waals surface area (Å²) in [6.45, 7) is 9.60. The first kappa shape index (κ1) is 8.75. The Morgan fingerprint density at radius 1 is 1.50 bits per heavy atom. The van der Waals surface area contributed by atoms with Gasteiger partial charge >= 0.3 is 0 Å². The zero-order valence-corrected chi connectivity index (χ0v) is 8.20. The van der Waals surface area contributed by atoms with Crippen molar-refractivity contribution in [1.82, 2.24) is 9.78 Å². The average molecular weight is 184 g/mol. The van der Waals surface area contributed by atoms with Crippen molar-refractivity contribution in [2.45, 2.75) is 6.92 Å². The van der Waals surface area contributed by atoms with Crippen LogP contribution in [-0.2, 0) is 0 Å². The molecule has 0 radical (unpaired) electrons. The van der Waals surface area contributed by atoms with E-state index in [4.69, 9.17) is 0 Å². The van der Waals surface area contributed by atoms with Gasteiger partial charge in [-0.2, -0.15) is 5.10 Å². The van der Waals surface area contributed by atoms with Crippen LogP contribution in [0.5, 0.6) is 0 Å². The maximum Gasteiger partial charge on any atom is 0.0734 e. The van der Waals surface area contributed by atoms with Gasteiger partial charge in [-0.05, 0) is 24.6 Å². The fourth-order valence-corrected chi connectivity index (χ4v) is 1.46. The Morgan fingerprint density at radius 3 is 2.93 bits per heavy atom. The van der Waals surface area contributed by atoms with Gasteiger partial charge in [0.1, 0.15) is 0 Å². The molecule has 0 atom stereocenters. The Hall–Kier alpha value is -1.83. The molecule has 1 aromatic carbocycles. The molecule has 0 aliphatic carbocycles. The van der Waals surface area contributed by atoms with E-state index in [1.165, 1.54) is 0 Å². The molecule has 70 valence electrons. The van der Waals surface area contributed by atoms with Crippen LogP contribution in [0, 0.1) is 0 Å². The van der Waals surface area contributed by atoms with Gasteiger partial charge in [-0.15, -0.1) is 0 Å². The lowest BCUT2D eigenvalue weighted by Gasteiger charge is -1.99. The lowest BCUT2D eigenvalue weighted by atomic mass is 10.1. The molecule has 1 aromatic heterocycles. The summed E-state index contributed by atoms with van der Waals surface area (Å²) in [5, 5.41) is 5.30. The summed E-state index contributed by atoms with van der Waals surface area (Å²) in [6.07, 6.45) is 3.53. The third kappa shape index (κ3) is 1.25. The number of hydrogen-bond acceptors (Lipinski definition) is 1. The Morgan fingerprint density at radius 2 is 2.29 bits per heavy atom. The molecule has 0 spiro atoms. The minimum Gasteiger partial charge on any atom is -0.241 e. The van der Waals surface area contributed by atoms with E-state index in [0.717, 1.165) is 22.0 Å². The quantitative estimate of drug-likeness (QED) is 0.701. The number of benzene rings is 1. The van der Waals surface area contributed by atoms with E-state index >= 15 is 0 Å². The van der Waals surface area contributed by atoms with Crippen LogP contribution in [0.3, 0.4) is 0 Å². The van der Waals surface area contributed by atoms with Crippen molar-refractivity contribution in [1.29, 1.82) is 0 Å². The maximum absolute atomic E-state index is 4.18. The van der Waals surface area contributed by atoms with Crippen molar-refractivity contribution < 1.29 is 0 Å². The summed E-state index contributed by atoms with van der Waals surface area (Å²) in [5.74, 6) is 0. The zero-order chi connectivity index (χ0) is 10.1. The summed E-state index contributed by atoms with van der Waals surface area (Å²) in [7, 11) is 0. The van der Waals surface area contributed by atoms with E-state index in [0.29, 0.717) is 0 Å². The van der Waals surface area contributed by atoms with Crippen LogP contribution >= 0.6 is 0 Å². The topological polar surface area (TPSA) is 17.8 Å². The third-order valence-electron chi connectivity index (χ3n) is 2.26. The summed E-state index contributed by atoms with van der Waals surface area (Å²) < 4.78 is 1.76. The molecule has 0 aliphatic rings. The highest BCUT2D eigenvalue weighted by Gasteiger charge is 2.01. The van der Waals surface area contributed by atoms with Gasteiger partial charge in [0, 0.05) is 11.6 Å². The van der Waals surface area contributed by atoms with Crippen molar-refractivity contribution in [3.8, 4) is 0 Å². The Balaban J connectivity index is 2.68. The molecule has 0 bridgehead atoms. The van der Waals surface area contributed by atoms with E-state index in [9.17, 15) is 0 Å². The van der Waals surface area contributed by atoms with E-state index in [-0.39, 0.29) is 0 Å². The van der Waals surface area contributed by atoms with Crippen molar-refractivity contribution in [3.05, 3.63) is 43.1 Å². The monoisotopic (exact) mass is 184 g/mol. The Bertz CT molecular complexity index is 506. The van der Waals surface area contributed by atoms with Crippen molar-refractivity contribution in [2.24, 2.45) is 0 Å². The number of rotatable bonds is 2. The van der Waals surface area contributed by atoms with Crippen LogP contribution < -0.4 is 0 Å². The first-order chi connectivity index (χ1) is 6.72. The van der Waals surface area contributed by atoms with Gasteiger partial charge in [0.25, 0.3) is 0 Å². The fourth-order valence-electron chi connectivity index (χ4n) is 1.46. The summed E-state index contributed by atoms with van der Waals surface area (Å²) in [6, 6.07) is 6.17. The van der Waals surface area contributed by atoms with Gasteiger partial charge in [0.2, 0.25) is 0 Å². The van der Waals surface area contributed by atoms with Gasteiger partial charge in [0.15, 0.2) is 0 Å². The van der Waals surface area contributed by atoms with Gasteiger partial charge in [-0.25, -0.2) is 4.68 Å². The Labute approximate surface area is 83.2 Å². The highest BCUT2D eigenvalue weighted by atomic mass is 15.3. The molecule has 0 fully saturated rings. The molecule has 1 heterocycles. The molecule has 14 heavy (non-hydrogen) atoms. The molecule has 2 nitrogen and oxygen atoms in total. The third-order valence-corrected chi connectivity index (χ3v) is 2.26. The molecule has 2 heteroatoms. The molecule has 0 unspecified atom stereocenters. The van der Waals surface area contributed by atoms with Gasteiger partial charge in [-0.3, -0.25) is 0 Å². The number of fused-ring (bicyclic) bond motifs is 1. The summed E-state index contributed by atoms with van der Waals surface area (Å²) >= 11 is 0.